The van der Waals surface area contributed by atoms with Gasteiger partial charge in [0.05, 0.1) is 5.69 Å². The van der Waals surface area contributed by atoms with Crippen LogP contribution < -0.4 is 10.5 Å². The third-order valence-electron chi connectivity index (χ3n) is 3.89. The Labute approximate surface area is 110 Å². The standard InChI is InChI=1S/C14H25N3O/c1-4-7-11-13(15)14(17(3)16-11)18-12-9-6-5-8-10(12)2/h10,12H,4-9,15H2,1-3H3. The maximum absolute atomic E-state index is 6.14. The van der Waals surface area contributed by atoms with Crippen LogP contribution in [0.25, 0.3) is 0 Å². The van der Waals surface area contributed by atoms with Gasteiger partial charge in [-0.2, -0.15) is 5.10 Å². The van der Waals surface area contributed by atoms with Crippen LogP contribution in [-0.2, 0) is 13.5 Å². The van der Waals surface area contributed by atoms with Gasteiger partial charge in [0.15, 0.2) is 0 Å². The minimum atomic E-state index is 0.297. The molecule has 0 spiro atoms. The van der Waals surface area contributed by atoms with Crippen LogP contribution in [0, 0.1) is 5.92 Å². The Morgan fingerprint density at radius 2 is 2.11 bits per heavy atom. The fourth-order valence-corrected chi connectivity index (χ4v) is 2.74. The average molecular weight is 251 g/mol. The molecule has 0 saturated heterocycles. The molecule has 1 aliphatic carbocycles. The van der Waals surface area contributed by atoms with Gasteiger partial charge in [-0.3, -0.25) is 0 Å². The molecular weight excluding hydrogens is 226 g/mol. The van der Waals surface area contributed by atoms with Crippen molar-refractivity contribution in [2.45, 2.75) is 58.5 Å². The lowest BCUT2D eigenvalue weighted by Crippen LogP contribution is -2.29. The number of nitrogens with zero attached hydrogens (tertiary/aromatic N) is 2. The zero-order valence-electron chi connectivity index (χ0n) is 11.8. The number of hydrogen-bond donors (Lipinski definition) is 1. The summed E-state index contributed by atoms with van der Waals surface area (Å²) in [5, 5.41) is 4.46. The minimum absolute atomic E-state index is 0.297. The summed E-state index contributed by atoms with van der Waals surface area (Å²) in [5.74, 6) is 1.37. The van der Waals surface area contributed by atoms with E-state index in [9.17, 15) is 0 Å². The summed E-state index contributed by atoms with van der Waals surface area (Å²) < 4.78 is 7.92. The van der Waals surface area contributed by atoms with Gasteiger partial charge in [-0.1, -0.05) is 26.7 Å². The molecule has 4 heteroatoms. The molecule has 0 aromatic carbocycles. The van der Waals surface area contributed by atoms with E-state index in [2.05, 4.69) is 18.9 Å². The SMILES string of the molecule is CCCc1nn(C)c(OC2CCCCC2C)c1N. The Hall–Kier alpha value is -1.19. The van der Waals surface area contributed by atoms with Gasteiger partial charge < -0.3 is 10.5 Å². The molecule has 0 radical (unpaired) electrons. The first kappa shape index (κ1) is 13.2. The topological polar surface area (TPSA) is 53.1 Å². The summed E-state index contributed by atoms with van der Waals surface area (Å²) in [5.41, 5.74) is 7.85. The predicted molar refractivity (Wildman–Crippen MR) is 73.7 cm³/mol. The smallest absolute Gasteiger partial charge is 0.236 e. The van der Waals surface area contributed by atoms with E-state index in [4.69, 9.17) is 10.5 Å². The fraction of sp³-hybridized carbons (Fsp3) is 0.786. The molecule has 4 nitrogen and oxygen atoms in total. The summed E-state index contributed by atoms with van der Waals surface area (Å²) in [6.45, 7) is 4.40. The number of anilines is 1. The van der Waals surface area contributed by atoms with Crippen molar-refractivity contribution in [3.63, 3.8) is 0 Å². The van der Waals surface area contributed by atoms with Crippen molar-refractivity contribution < 1.29 is 4.74 Å². The molecule has 2 rings (SSSR count). The van der Waals surface area contributed by atoms with Crippen LogP contribution in [0.5, 0.6) is 5.88 Å². The lowest BCUT2D eigenvalue weighted by Gasteiger charge is -2.29. The third kappa shape index (κ3) is 2.62. The second-order valence-corrected chi connectivity index (χ2v) is 5.46. The van der Waals surface area contributed by atoms with E-state index in [1.54, 1.807) is 4.68 Å². The monoisotopic (exact) mass is 251 g/mol. The van der Waals surface area contributed by atoms with Gasteiger partial charge in [0, 0.05) is 7.05 Å². The molecular formula is C14H25N3O. The lowest BCUT2D eigenvalue weighted by molar-refractivity contribution is 0.0937. The molecule has 18 heavy (non-hydrogen) atoms. The second kappa shape index (κ2) is 5.63. The summed E-state index contributed by atoms with van der Waals surface area (Å²) in [4.78, 5) is 0. The molecule has 2 unspecified atom stereocenters. The highest BCUT2D eigenvalue weighted by Crippen LogP contribution is 2.32. The second-order valence-electron chi connectivity index (χ2n) is 5.46. The molecule has 2 atom stereocenters. The number of aromatic nitrogens is 2. The molecule has 1 aromatic rings. The Balaban J connectivity index is 2.12. The molecule has 102 valence electrons. The van der Waals surface area contributed by atoms with Gasteiger partial charge in [0.1, 0.15) is 11.8 Å². The van der Waals surface area contributed by atoms with Crippen LogP contribution in [0.15, 0.2) is 0 Å². The van der Waals surface area contributed by atoms with Gasteiger partial charge in [-0.15, -0.1) is 0 Å². The number of hydrogen-bond acceptors (Lipinski definition) is 3. The fourth-order valence-electron chi connectivity index (χ4n) is 2.74. The Kier molecular flexibility index (Phi) is 4.15. The number of ether oxygens (including phenoxy) is 1. The van der Waals surface area contributed by atoms with Crippen LogP contribution in [-0.4, -0.2) is 15.9 Å². The number of nitrogens with two attached hydrogens (primary N) is 1. The van der Waals surface area contributed by atoms with E-state index < -0.39 is 0 Å². The van der Waals surface area contributed by atoms with Crippen molar-refractivity contribution in [2.75, 3.05) is 5.73 Å². The van der Waals surface area contributed by atoms with E-state index in [0.717, 1.165) is 36.5 Å². The zero-order valence-corrected chi connectivity index (χ0v) is 11.8. The van der Waals surface area contributed by atoms with Gasteiger partial charge in [-0.05, 0) is 31.6 Å². The quantitative estimate of drug-likeness (QED) is 0.895. The molecule has 2 N–H and O–H groups in total. The van der Waals surface area contributed by atoms with Crippen molar-refractivity contribution in [3.8, 4) is 5.88 Å². The molecule has 1 saturated carbocycles. The Bertz CT molecular complexity index is 400. The molecule has 0 aliphatic heterocycles. The van der Waals surface area contributed by atoms with E-state index in [1.165, 1.54) is 19.3 Å². The maximum Gasteiger partial charge on any atom is 0.236 e. The molecule has 1 aliphatic rings. The first-order valence-corrected chi connectivity index (χ1v) is 7.11. The summed E-state index contributed by atoms with van der Waals surface area (Å²) >= 11 is 0. The van der Waals surface area contributed by atoms with Gasteiger partial charge in [0.25, 0.3) is 0 Å². The van der Waals surface area contributed by atoms with Crippen LogP contribution in [0.2, 0.25) is 0 Å². The number of nitrogen functional groups attached to an aromatic ring is 1. The summed E-state index contributed by atoms with van der Waals surface area (Å²) in [7, 11) is 1.92. The van der Waals surface area contributed by atoms with E-state index in [0.29, 0.717) is 12.0 Å². The number of aryl methyl sites for hydroxylation is 2. The Morgan fingerprint density at radius 3 is 2.78 bits per heavy atom. The van der Waals surface area contributed by atoms with Gasteiger partial charge in [0.2, 0.25) is 5.88 Å². The van der Waals surface area contributed by atoms with Crippen LogP contribution in [0.3, 0.4) is 0 Å². The van der Waals surface area contributed by atoms with Crippen LogP contribution in [0.4, 0.5) is 5.69 Å². The van der Waals surface area contributed by atoms with Crippen LogP contribution in [0.1, 0.15) is 51.6 Å². The average Bonchev–Trinajstić information content (AvgIpc) is 2.60. The largest absolute Gasteiger partial charge is 0.473 e. The van der Waals surface area contributed by atoms with Gasteiger partial charge in [-0.25, -0.2) is 4.68 Å². The van der Waals surface area contributed by atoms with Crippen molar-refractivity contribution in [1.29, 1.82) is 0 Å². The maximum atomic E-state index is 6.14. The van der Waals surface area contributed by atoms with Crippen molar-refractivity contribution in [3.05, 3.63) is 5.69 Å². The van der Waals surface area contributed by atoms with E-state index >= 15 is 0 Å². The predicted octanol–water partition coefficient (Wildman–Crippen LogP) is 2.91. The highest BCUT2D eigenvalue weighted by Gasteiger charge is 2.25. The first-order chi connectivity index (χ1) is 8.63. The summed E-state index contributed by atoms with van der Waals surface area (Å²) in [6.07, 6.45) is 7.24. The first-order valence-electron chi connectivity index (χ1n) is 7.11. The molecule has 1 fully saturated rings. The molecule has 1 heterocycles. The lowest BCUT2D eigenvalue weighted by atomic mass is 9.88. The highest BCUT2D eigenvalue weighted by atomic mass is 16.5. The van der Waals surface area contributed by atoms with Crippen molar-refractivity contribution in [1.82, 2.24) is 9.78 Å². The molecule has 0 amide bonds. The molecule has 1 aromatic heterocycles. The van der Waals surface area contributed by atoms with Crippen molar-refractivity contribution >= 4 is 5.69 Å². The summed E-state index contributed by atoms with van der Waals surface area (Å²) in [6, 6.07) is 0. The minimum Gasteiger partial charge on any atom is -0.473 e. The van der Waals surface area contributed by atoms with Crippen LogP contribution >= 0.6 is 0 Å². The highest BCUT2D eigenvalue weighted by molar-refractivity contribution is 5.53. The van der Waals surface area contributed by atoms with Gasteiger partial charge >= 0.3 is 0 Å². The Morgan fingerprint density at radius 1 is 1.39 bits per heavy atom. The van der Waals surface area contributed by atoms with E-state index in [-0.39, 0.29) is 0 Å². The zero-order chi connectivity index (χ0) is 13.1. The third-order valence-corrected chi connectivity index (χ3v) is 3.89. The van der Waals surface area contributed by atoms with E-state index in [1.807, 2.05) is 7.05 Å². The normalized spacial score (nSPS) is 24.2. The van der Waals surface area contributed by atoms with Crippen molar-refractivity contribution in [2.24, 2.45) is 13.0 Å². The molecule has 0 bridgehead atoms. The number of rotatable bonds is 4.